The summed E-state index contributed by atoms with van der Waals surface area (Å²) >= 11 is 0. The number of carbonyl (C=O) groups excluding carboxylic acids is 3. The fraction of sp³-hybridized carbons (Fsp3) is 0.318. The fourth-order valence-corrected chi connectivity index (χ4v) is 2.35. The standard InChI is InChI=1S/C22H24O6/c1-16(27-15-20(23)18-9-5-3-6-10-18)13-26-14-17(2)28-22(25)21(24)19-11-7-4-8-12-19/h3-12,16-17H,13-15H2,1-2H3. The lowest BCUT2D eigenvalue weighted by Crippen LogP contribution is -2.28. The Kier molecular flexibility index (Phi) is 8.52. The van der Waals surface area contributed by atoms with Gasteiger partial charge in [0, 0.05) is 11.1 Å². The number of benzene rings is 2. The van der Waals surface area contributed by atoms with Crippen LogP contribution in [0.15, 0.2) is 60.7 Å². The maximum absolute atomic E-state index is 12.0. The van der Waals surface area contributed by atoms with Crippen LogP contribution in [0.5, 0.6) is 0 Å². The normalized spacial score (nSPS) is 12.8. The molecular weight excluding hydrogens is 360 g/mol. The van der Waals surface area contributed by atoms with Crippen LogP contribution >= 0.6 is 0 Å². The molecule has 2 rings (SSSR count). The zero-order chi connectivity index (χ0) is 20.4. The molecule has 0 aliphatic heterocycles. The highest BCUT2D eigenvalue weighted by molar-refractivity contribution is 6.40. The Balaban J connectivity index is 1.64. The summed E-state index contributed by atoms with van der Waals surface area (Å²) < 4.78 is 16.0. The molecule has 0 bridgehead atoms. The molecular formula is C22H24O6. The monoisotopic (exact) mass is 384 g/mol. The Morgan fingerprint density at radius 2 is 1.32 bits per heavy atom. The van der Waals surface area contributed by atoms with Crippen molar-refractivity contribution in [1.82, 2.24) is 0 Å². The number of rotatable bonds is 11. The van der Waals surface area contributed by atoms with Crippen molar-refractivity contribution in [2.75, 3.05) is 19.8 Å². The smallest absolute Gasteiger partial charge is 0.380 e. The van der Waals surface area contributed by atoms with Crippen molar-refractivity contribution in [2.45, 2.75) is 26.1 Å². The number of ether oxygens (including phenoxy) is 3. The van der Waals surface area contributed by atoms with Crippen molar-refractivity contribution in [3.63, 3.8) is 0 Å². The first-order chi connectivity index (χ1) is 13.5. The highest BCUT2D eigenvalue weighted by atomic mass is 16.6. The third-order valence-corrected chi connectivity index (χ3v) is 3.83. The van der Waals surface area contributed by atoms with E-state index in [1.165, 1.54) is 0 Å². The van der Waals surface area contributed by atoms with Gasteiger partial charge in [0.25, 0.3) is 5.78 Å². The lowest BCUT2D eigenvalue weighted by Gasteiger charge is -2.16. The molecule has 0 amide bonds. The Hall–Kier alpha value is -2.83. The molecule has 2 atom stereocenters. The van der Waals surface area contributed by atoms with Crippen LogP contribution in [0.25, 0.3) is 0 Å². The minimum atomic E-state index is -0.917. The summed E-state index contributed by atoms with van der Waals surface area (Å²) in [6.45, 7) is 3.74. The second-order valence-corrected chi connectivity index (χ2v) is 6.36. The summed E-state index contributed by atoms with van der Waals surface area (Å²) in [5.41, 5.74) is 0.880. The van der Waals surface area contributed by atoms with Crippen LogP contribution in [0.3, 0.4) is 0 Å². The Labute approximate surface area is 164 Å². The summed E-state index contributed by atoms with van der Waals surface area (Å²) in [4.78, 5) is 35.8. The lowest BCUT2D eigenvalue weighted by atomic mass is 10.1. The van der Waals surface area contributed by atoms with Gasteiger partial charge in [-0.15, -0.1) is 0 Å². The molecule has 0 saturated carbocycles. The SMILES string of the molecule is CC(COCC(C)OC(=O)C(=O)c1ccccc1)OCC(=O)c1ccccc1. The maximum atomic E-state index is 12.0. The van der Waals surface area contributed by atoms with Gasteiger partial charge in [-0.1, -0.05) is 60.7 Å². The van der Waals surface area contributed by atoms with Crippen molar-refractivity contribution in [3.05, 3.63) is 71.8 Å². The number of carbonyl (C=O) groups is 3. The van der Waals surface area contributed by atoms with Crippen LogP contribution < -0.4 is 0 Å². The molecule has 0 radical (unpaired) electrons. The predicted molar refractivity (Wildman–Crippen MR) is 103 cm³/mol. The molecule has 2 aromatic carbocycles. The maximum Gasteiger partial charge on any atom is 0.380 e. The van der Waals surface area contributed by atoms with E-state index in [-0.39, 0.29) is 37.3 Å². The second kappa shape index (κ2) is 11.1. The molecule has 0 fully saturated rings. The van der Waals surface area contributed by atoms with Gasteiger partial charge in [0.2, 0.25) is 0 Å². The van der Waals surface area contributed by atoms with Crippen molar-refractivity contribution >= 4 is 17.5 Å². The predicted octanol–water partition coefficient (Wildman–Crippen LogP) is 3.11. The molecule has 28 heavy (non-hydrogen) atoms. The third kappa shape index (κ3) is 7.06. The zero-order valence-corrected chi connectivity index (χ0v) is 16.0. The molecule has 0 aromatic heterocycles. The molecule has 0 spiro atoms. The summed E-state index contributed by atoms with van der Waals surface area (Å²) in [5, 5.41) is 0. The molecule has 0 heterocycles. The molecule has 0 N–H and O–H groups in total. The van der Waals surface area contributed by atoms with E-state index >= 15 is 0 Å². The number of hydrogen-bond donors (Lipinski definition) is 0. The number of ketones is 2. The number of Topliss-reactive ketones (excluding diaryl/α,β-unsaturated/α-hetero) is 2. The highest BCUT2D eigenvalue weighted by Gasteiger charge is 2.20. The Bertz CT molecular complexity index is 772. The molecule has 6 heteroatoms. The van der Waals surface area contributed by atoms with Gasteiger partial charge >= 0.3 is 5.97 Å². The zero-order valence-electron chi connectivity index (χ0n) is 16.0. The first kappa shape index (κ1) is 21.5. The van der Waals surface area contributed by atoms with Crippen molar-refractivity contribution in [3.8, 4) is 0 Å². The van der Waals surface area contributed by atoms with Crippen molar-refractivity contribution < 1.29 is 28.6 Å². The minimum absolute atomic E-state index is 0.0370. The van der Waals surface area contributed by atoms with Gasteiger partial charge in [0.15, 0.2) is 5.78 Å². The van der Waals surface area contributed by atoms with E-state index in [1.54, 1.807) is 68.4 Å². The third-order valence-electron chi connectivity index (χ3n) is 3.83. The summed E-state index contributed by atoms with van der Waals surface area (Å²) in [6.07, 6.45) is -0.889. The van der Waals surface area contributed by atoms with Gasteiger partial charge in [0.05, 0.1) is 19.3 Å². The second-order valence-electron chi connectivity index (χ2n) is 6.36. The number of esters is 1. The van der Waals surface area contributed by atoms with Gasteiger partial charge in [-0.3, -0.25) is 9.59 Å². The van der Waals surface area contributed by atoms with E-state index in [9.17, 15) is 14.4 Å². The van der Waals surface area contributed by atoms with Crippen LogP contribution in [0.2, 0.25) is 0 Å². The lowest BCUT2D eigenvalue weighted by molar-refractivity contribution is -0.145. The number of hydrogen-bond acceptors (Lipinski definition) is 6. The van der Waals surface area contributed by atoms with Gasteiger partial charge in [-0.25, -0.2) is 4.79 Å². The molecule has 0 aliphatic rings. The first-order valence-corrected chi connectivity index (χ1v) is 9.05. The molecule has 2 unspecified atom stereocenters. The summed E-state index contributed by atoms with van der Waals surface area (Å²) in [7, 11) is 0. The van der Waals surface area contributed by atoms with Crippen LogP contribution in [0, 0.1) is 0 Å². The van der Waals surface area contributed by atoms with E-state index in [0.717, 1.165) is 0 Å². The van der Waals surface area contributed by atoms with Crippen molar-refractivity contribution in [1.29, 1.82) is 0 Å². The molecule has 148 valence electrons. The van der Waals surface area contributed by atoms with E-state index in [0.29, 0.717) is 5.56 Å². The van der Waals surface area contributed by atoms with Gasteiger partial charge in [0.1, 0.15) is 12.7 Å². The van der Waals surface area contributed by atoms with Gasteiger partial charge in [-0.05, 0) is 13.8 Å². The van der Waals surface area contributed by atoms with Crippen LogP contribution in [-0.2, 0) is 19.0 Å². The van der Waals surface area contributed by atoms with Gasteiger partial charge < -0.3 is 14.2 Å². The Morgan fingerprint density at radius 3 is 1.93 bits per heavy atom. The van der Waals surface area contributed by atoms with Crippen LogP contribution in [0.1, 0.15) is 34.6 Å². The Morgan fingerprint density at radius 1 is 0.786 bits per heavy atom. The topological polar surface area (TPSA) is 78.9 Å². The van der Waals surface area contributed by atoms with Crippen molar-refractivity contribution in [2.24, 2.45) is 0 Å². The molecule has 2 aromatic rings. The van der Waals surface area contributed by atoms with E-state index < -0.39 is 17.9 Å². The van der Waals surface area contributed by atoms with Crippen LogP contribution in [-0.4, -0.2) is 49.6 Å². The quantitative estimate of drug-likeness (QED) is 0.336. The van der Waals surface area contributed by atoms with Crippen LogP contribution in [0.4, 0.5) is 0 Å². The summed E-state index contributed by atoms with van der Waals surface area (Å²) in [5.74, 6) is -1.71. The van der Waals surface area contributed by atoms with E-state index in [4.69, 9.17) is 14.2 Å². The summed E-state index contributed by atoms with van der Waals surface area (Å²) in [6, 6.07) is 17.1. The highest BCUT2D eigenvalue weighted by Crippen LogP contribution is 2.05. The van der Waals surface area contributed by atoms with Gasteiger partial charge in [-0.2, -0.15) is 0 Å². The average Bonchev–Trinajstić information content (AvgIpc) is 2.72. The molecule has 0 aliphatic carbocycles. The largest absolute Gasteiger partial charge is 0.454 e. The molecule has 6 nitrogen and oxygen atoms in total. The fourth-order valence-electron chi connectivity index (χ4n) is 2.35. The average molecular weight is 384 g/mol. The first-order valence-electron chi connectivity index (χ1n) is 9.05. The van der Waals surface area contributed by atoms with E-state index in [2.05, 4.69) is 0 Å². The molecule has 0 saturated heterocycles. The van der Waals surface area contributed by atoms with E-state index in [1.807, 2.05) is 6.07 Å². The minimum Gasteiger partial charge on any atom is -0.454 e.